The lowest BCUT2D eigenvalue weighted by atomic mass is 9.94. The number of nitrogens with one attached hydrogen (secondary N) is 1. The standard InChI is InChI=1S/C29H29N3O4/c1-36-24-14-7-19(8-15-24)18-30-28(33)21-11-9-20(10-12-21)27-31-25-17-22(29(34)35)13-16-26(25)32(27)23-5-3-2-4-6-23/h7-17,23H,2-6,18H2,1H3,(H,30,33)(H,34,35). The van der Waals surface area contributed by atoms with E-state index in [0.717, 1.165) is 41.1 Å². The number of fused-ring (bicyclic) bond motifs is 1. The van der Waals surface area contributed by atoms with E-state index in [1.54, 1.807) is 19.2 Å². The monoisotopic (exact) mass is 483 g/mol. The van der Waals surface area contributed by atoms with Crippen LogP contribution in [0.4, 0.5) is 0 Å². The second kappa shape index (κ2) is 10.2. The number of carbonyl (C=O) groups is 2. The fourth-order valence-electron chi connectivity index (χ4n) is 4.94. The van der Waals surface area contributed by atoms with E-state index in [1.165, 1.54) is 19.3 Å². The molecule has 0 unspecified atom stereocenters. The smallest absolute Gasteiger partial charge is 0.335 e. The molecule has 0 aliphatic heterocycles. The Hall–Kier alpha value is -4.13. The Morgan fingerprint density at radius 1 is 0.972 bits per heavy atom. The summed E-state index contributed by atoms with van der Waals surface area (Å²) in [7, 11) is 1.62. The maximum absolute atomic E-state index is 12.7. The maximum Gasteiger partial charge on any atom is 0.335 e. The molecule has 1 aromatic heterocycles. The van der Waals surface area contributed by atoms with Gasteiger partial charge < -0.3 is 19.7 Å². The number of hydrogen-bond donors (Lipinski definition) is 2. The lowest BCUT2D eigenvalue weighted by Gasteiger charge is -2.25. The molecule has 2 N–H and O–H groups in total. The zero-order chi connectivity index (χ0) is 25.1. The third-order valence-electron chi connectivity index (χ3n) is 6.89. The highest BCUT2D eigenvalue weighted by Crippen LogP contribution is 2.36. The highest BCUT2D eigenvalue weighted by Gasteiger charge is 2.23. The van der Waals surface area contributed by atoms with E-state index in [9.17, 15) is 14.7 Å². The number of carboxylic acids is 1. The molecule has 1 fully saturated rings. The molecule has 184 valence electrons. The minimum absolute atomic E-state index is 0.149. The van der Waals surface area contributed by atoms with Crippen LogP contribution in [0.15, 0.2) is 66.7 Å². The first kappa shape index (κ1) is 23.6. The van der Waals surface area contributed by atoms with Crippen molar-refractivity contribution in [2.75, 3.05) is 7.11 Å². The fraction of sp³-hybridized carbons (Fsp3) is 0.276. The van der Waals surface area contributed by atoms with Crippen molar-refractivity contribution in [2.24, 2.45) is 0 Å². The summed E-state index contributed by atoms with van der Waals surface area (Å²) >= 11 is 0. The molecule has 1 amide bonds. The van der Waals surface area contributed by atoms with Crippen LogP contribution in [-0.2, 0) is 6.54 Å². The van der Waals surface area contributed by atoms with Gasteiger partial charge in [0, 0.05) is 23.7 Å². The van der Waals surface area contributed by atoms with Crippen LogP contribution in [-0.4, -0.2) is 33.6 Å². The number of nitrogens with zero attached hydrogens (tertiary/aromatic N) is 2. The molecule has 1 saturated carbocycles. The number of hydrogen-bond acceptors (Lipinski definition) is 4. The van der Waals surface area contributed by atoms with Gasteiger partial charge in [0.25, 0.3) is 5.91 Å². The van der Waals surface area contributed by atoms with Gasteiger partial charge in [-0.3, -0.25) is 4.79 Å². The Morgan fingerprint density at radius 3 is 2.33 bits per heavy atom. The molecule has 0 spiro atoms. The lowest BCUT2D eigenvalue weighted by Crippen LogP contribution is -2.22. The van der Waals surface area contributed by atoms with E-state index in [1.807, 2.05) is 54.6 Å². The highest BCUT2D eigenvalue weighted by atomic mass is 16.5. The lowest BCUT2D eigenvalue weighted by molar-refractivity contribution is 0.0696. The van der Waals surface area contributed by atoms with Gasteiger partial charge in [0.05, 0.1) is 23.7 Å². The van der Waals surface area contributed by atoms with Crippen LogP contribution in [0.5, 0.6) is 5.75 Å². The summed E-state index contributed by atoms with van der Waals surface area (Å²) in [6.07, 6.45) is 5.73. The van der Waals surface area contributed by atoms with Gasteiger partial charge in [-0.15, -0.1) is 0 Å². The molecular formula is C29H29N3O4. The van der Waals surface area contributed by atoms with Crippen molar-refractivity contribution in [3.63, 3.8) is 0 Å². The number of methoxy groups -OCH3 is 1. The molecule has 0 radical (unpaired) electrons. The van der Waals surface area contributed by atoms with Gasteiger partial charge in [-0.05, 0) is 60.9 Å². The maximum atomic E-state index is 12.7. The number of rotatable bonds is 7. The van der Waals surface area contributed by atoms with Gasteiger partial charge in [0.2, 0.25) is 0 Å². The van der Waals surface area contributed by atoms with Gasteiger partial charge in [0.15, 0.2) is 0 Å². The first-order valence-corrected chi connectivity index (χ1v) is 12.3. The van der Waals surface area contributed by atoms with Crippen LogP contribution in [0.3, 0.4) is 0 Å². The molecule has 4 aromatic rings. The quantitative estimate of drug-likeness (QED) is 0.344. The molecular weight excluding hydrogens is 454 g/mol. The minimum atomic E-state index is -0.962. The number of carboxylic acid groups (broad SMARTS) is 1. The average molecular weight is 484 g/mol. The predicted molar refractivity (Wildman–Crippen MR) is 138 cm³/mol. The van der Waals surface area contributed by atoms with Crippen molar-refractivity contribution in [3.8, 4) is 17.1 Å². The van der Waals surface area contributed by atoms with Crippen LogP contribution in [0.25, 0.3) is 22.4 Å². The predicted octanol–water partition coefficient (Wildman–Crippen LogP) is 5.85. The van der Waals surface area contributed by atoms with Crippen LogP contribution in [0, 0.1) is 0 Å². The van der Waals surface area contributed by atoms with E-state index >= 15 is 0 Å². The van der Waals surface area contributed by atoms with Crippen LogP contribution >= 0.6 is 0 Å². The SMILES string of the molecule is COc1ccc(CNC(=O)c2ccc(-c3nc4cc(C(=O)O)ccc4n3C3CCCCC3)cc2)cc1. The number of ether oxygens (including phenoxy) is 1. The molecule has 5 rings (SSSR count). The van der Waals surface area contributed by atoms with Crippen LogP contribution in [0.2, 0.25) is 0 Å². The van der Waals surface area contributed by atoms with Gasteiger partial charge in [0.1, 0.15) is 11.6 Å². The molecule has 0 bridgehead atoms. The van der Waals surface area contributed by atoms with Crippen molar-refractivity contribution < 1.29 is 19.4 Å². The summed E-state index contributed by atoms with van der Waals surface area (Å²) in [6.45, 7) is 0.425. The van der Waals surface area contributed by atoms with Gasteiger partial charge in [-0.2, -0.15) is 0 Å². The molecule has 1 aliphatic rings. The Labute approximate surface area is 209 Å². The molecule has 7 nitrogen and oxygen atoms in total. The van der Waals surface area contributed by atoms with E-state index in [-0.39, 0.29) is 11.5 Å². The second-order valence-corrected chi connectivity index (χ2v) is 9.21. The number of benzene rings is 3. The fourth-order valence-corrected chi connectivity index (χ4v) is 4.94. The van der Waals surface area contributed by atoms with Crippen molar-refractivity contribution >= 4 is 22.9 Å². The van der Waals surface area contributed by atoms with Crippen LogP contribution < -0.4 is 10.1 Å². The second-order valence-electron chi connectivity index (χ2n) is 9.21. The van der Waals surface area contributed by atoms with Gasteiger partial charge in [-0.1, -0.05) is 43.5 Å². The van der Waals surface area contributed by atoms with Crippen molar-refractivity contribution in [3.05, 3.63) is 83.4 Å². The number of imidazole rings is 1. The summed E-state index contributed by atoms with van der Waals surface area (Å²) in [6, 6.07) is 20.5. The van der Waals surface area contributed by atoms with E-state index in [2.05, 4.69) is 9.88 Å². The number of carbonyl (C=O) groups excluding carboxylic acids is 1. The zero-order valence-electron chi connectivity index (χ0n) is 20.2. The molecule has 3 aromatic carbocycles. The van der Waals surface area contributed by atoms with Crippen molar-refractivity contribution in [2.45, 2.75) is 44.7 Å². The Bertz CT molecular complexity index is 1380. The van der Waals surface area contributed by atoms with Gasteiger partial charge >= 0.3 is 5.97 Å². The zero-order valence-corrected chi connectivity index (χ0v) is 20.2. The number of amides is 1. The number of aromatic nitrogens is 2. The van der Waals surface area contributed by atoms with Crippen molar-refractivity contribution in [1.29, 1.82) is 0 Å². The summed E-state index contributed by atoms with van der Waals surface area (Å²) in [5, 5.41) is 12.4. The van der Waals surface area contributed by atoms with Crippen LogP contribution in [0.1, 0.15) is 64.4 Å². The molecule has 7 heteroatoms. The third-order valence-corrected chi connectivity index (χ3v) is 6.89. The molecule has 0 atom stereocenters. The average Bonchev–Trinajstić information content (AvgIpc) is 3.31. The minimum Gasteiger partial charge on any atom is -0.497 e. The molecule has 0 saturated heterocycles. The first-order valence-electron chi connectivity index (χ1n) is 12.3. The number of aromatic carboxylic acids is 1. The summed E-state index contributed by atoms with van der Waals surface area (Å²) in [5.41, 5.74) is 4.31. The topological polar surface area (TPSA) is 93.4 Å². The Balaban J connectivity index is 1.40. The van der Waals surface area contributed by atoms with Gasteiger partial charge in [-0.25, -0.2) is 9.78 Å². The van der Waals surface area contributed by atoms with E-state index in [4.69, 9.17) is 9.72 Å². The summed E-state index contributed by atoms with van der Waals surface area (Å²) in [5.74, 6) is 0.476. The summed E-state index contributed by atoms with van der Waals surface area (Å²) in [4.78, 5) is 29.1. The van der Waals surface area contributed by atoms with E-state index < -0.39 is 5.97 Å². The van der Waals surface area contributed by atoms with Crippen molar-refractivity contribution in [1.82, 2.24) is 14.9 Å². The third kappa shape index (κ3) is 4.82. The summed E-state index contributed by atoms with van der Waals surface area (Å²) < 4.78 is 7.44. The largest absolute Gasteiger partial charge is 0.497 e. The molecule has 1 heterocycles. The first-order chi connectivity index (χ1) is 17.5. The highest BCUT2D eigenvalue weighted by molar-refractivity contribution is 5.95. The normalized spacial score (nSPS) is 14.0. The Morgan fingerprint density at radius 2 is 1.67 bits per heavy atom. The van der Waals surface area contributed by atoms with E-state index in [0.29, 0.717) is 23.7 Å². The Kier molecular flexibility index (Phi) is 6.71. The molecule has 1 aliphatic carbocycles. The molecule has 36 heavy (non-hydrogen) atoms.